The van der Waals surface area contributed by atoms with Gasteiger partial charge in [0.2, 0.25) is 0 Å². The van der Waals surface area contributed by atoms with E-state index in [1.165, 1.54) is 0 Å². The lowest BCUT2D eigenvalue weighted by Gasteiger charge is -2.15. The molecular weight excluding hydrogens is 330 g/mol. The van der Waals surface area contributed by atoms with Crippen LogP contribution in [0.1, 0.15) is 30.0 Å². The van der Waals surface area contributed by atoms with Gasteiger partial charge in [-0.15, -0.1) is 0 Å². The Labute approximate surface area is 154 Å². The fourth-order valence-corrected chi connectivity index (χ4v) is 2.45. The maximum atomic E-state index is 12.3. The Kier molecular flexibility index (Phi) is 6.78. The highest BCUT2D eigenvalue weighted by Gasteiger charge is 2.18. The lowest BCUT2D eigenvalue weighted by atomic mass is 10.1. The van der Waals surface area contributed by atoms with Gasteiger partial charge >= 0.3 is 5.97 Å². The minimum absolute atomic E-state index is 0.216. The number of aryl methyl sites for hydroxylation is 3. The van der Waals surface area contributed by atoms with E-state index < -0.39 is 12.1 Å². The Morgan fingerprint density at radius 2 is 1.77 bits per heavy atom. The molecule has 5 nitrogen and oxygen atoms in total. The number of hydrogen-bond acceptors (Lipinski definition) is 4. The van der Waals surface area contributed by atoms with E-state index >= 15 is 0 Å². The maximum absolute atomic E-state index is 12.3. The van der Waals surface area contributed by atoms with Gasteiger partial charge in [-0.05, 0) is 62.1 Å². The molecular formula is C21H25NO4. The van der Waals surface area contributed by atoms with Crippen molar-refractivity contribution in [1.29, 1.82) is 0 Å². The van der Waals surface area contributed by atoms with Crippen LogP contribution in [0, 0.1) is 13.8 Å². The average Bonchev–Trinajstić information content (AvgIpc) is 2.63. The standard InChI is InChI=1S/C21H25NO4/c1-14-5-6-15(2)19(13-14)22-21(24)16(3)26-20(23)12-9-17-7-10-18(25-4)11-8-17/h5-8,10-11,13,16H,9,12H2,1-4H3,(H,22,24). The van der Waals surface area contributed by atoms with Gasteiger partial charge in [0.05, 0.1) is 7.11 Å². The summed E-state index contributed by atoms with van der Waals surface area (Å²) >= 11 is 0. The molecule has 0 aliphatic carbocycles. The first-order valence-electron chi connectivity index (χ1n) is 8.59. The highest BCUT2D eigenvalue weighted by atomic mass is 16.5. The number of rotatable bonds is 7. The Balaban J connectivity index is 1.83. The summed E-state index contributed by atoms with van der Waals surface area (Å²) < 4.78 is 10.3. The molecule has 1 amide bonds. The Morgan fingerprint density at radius 1 is 1.08 bits per heavy atom. The molecule has 0 aliphatic rings. The number of amides is 1. The van der Waals surface area contributed by atoms with Crippen LogP contribution < -0.4 is 10.1 Å². The van der Waals surface area contributed by atoms with Gasteiger partial charge in [0.1, 0.15) is 5.75 Å². The molecule has 0 bridgehead atoms. The molecule has 0 aromatic heterocycles. The number of carbonyl (C=O) groups is 2. The first-order chi connectivity index (χ1) is 12.4. The number of benzene rings is 2. The number of ether oxygens (including phenoxy) is 2. The predicted molar refractivity (Wildman–Crippen MR) is 101 cm³/mol. The van der Waals surface area contributed by atoms with Crippen molar-refractivity contribution in [3.63, 3.8) is 0 Å². The molecule has 0 saturated carbocycles. The third-order valence-electron chi connectivity index (χ3n) is 4.11. The van der Waals surface area contributed by atoms with Crippen LogP contribution in [0.25, 0.3) is 0 Å². The van der Waals surface area contributed by atoms with Crippen LogP contribution in [-0.4, -0.2) is 25.1 Å². The molecule has 0 radical (unpaired) electrons. The molecule has 0 saturated heterocycles. The highest BCUT2D eigenvalue weighted by molar-refractivity contribution is 5.95. The number of nitrogens with one attached hydrogen (secondary N) is 1. The van der Waals surface area contributed by atoms with E-state index in [9.17, 15) is 9.59 Å². The van der Waals surface area contributed by atoms with Crippen LogP contribution in [0.5, 0.6) is 5.75 Å². The SMILES string of the molecule is COc1ccc(CCC(=O)OC(C)C(=O)Nc2cc(C)ccc2C)cc1. The summed E-state index contributed by atoms with van der Waals surface area (Å²) in [4.78, 5) is 24.3. The highest BCUT2D eigenvalue weighted by Crippen LogP contribution is 2.17. The minimum Gasteiger partial charge on any atom is -0.497 e. The zero-order valence-electron chi connectivity index (χ0n) is 15.7. The quantitative estimate of drug-likeness (QED) is 0.767. The van der Waals surface area contributed by atoms with Crippen molar-refractivity contribution in [2.75, 3.05) is 12.4 Å². The van der Waals surface area contributed by atoms with Crippen LogP contribution in [0.4, 0.5) is 5.69 Å². The molecule has 26 heavy (non-hydrogen) atoms. The molecule has 1 unspecified atom stereocenters. The monoisotopic (exact) mass is 355 g/mol. The summed E-state index contributed by atoms with van der Waals surface area (Å²) in [5, 5.41) is 2.81. The number of esters is 1. The third kappa shape index (κ3) is 5.62. The molecule has 0 aliphatic heterocycles. The van der Waals surface area contributed by atoms with Crippen LogP contribution in [0.15, 0.2) is 42.5 Å². The van der Waals surface area contributed by atoms with Gasteiger partial charge in [0.25, 0.3) is 5.91 Å². The fourth-order valence-electron chi connectivity index (χ4n) is 2.45. The van der Waals surface area contributed by atoms with Gasteiger partial charge in [-0.1, -0.05) is 24.3 Å². The first kappa shape index (κ1) is 19.5. The van der Waals surface area contributed by atoms with E-state index in [-0.39, 0.29) is 12.3 Å². The lowest BCUT2D eigenvalue weighted by molar-refractivity contribution is -0.153. The molecule has 138 valence electrons. The molecule has 5 heteroatoms. The van der Waals surface area contributed by atoms with E-state index in [0.29, 0.717) is 6.42 Å². The molecule has 0 fully saturated rings. The molecule has 1 atom stereocenters. The molecule has 2 rings (SSSR count). The lowest BCUT2D eigenvalue weighted by Crippen LogP contribution is -2.30. The van der Waals surface area contributed by atoms with Gasteiger partial charge in [-0.25, -0.2) is 0 Å². The van der Waals surface area contributed by atoms with E-state index in [1.54, 1.807) is 14.0 Å². The summed E-state index contributed by atoms with van der Waals surface area (Å²) in [6, 6.07) is 13.3. The van der Waals surface area contributed by atoms with Crippen molar-refractivity contribution in [3.05, 3.63) is 59.2 Å². The molecule has 0 heterocycles. The van der Waals surface area contributed by atoms with Crippen LogP contribution in [0.2, 0.25) is 0 Å². The molecule has 0 spiro atoms. The van der Waals surface area contributed by atoms with E-state index in [0.717, 1.165) is 28.1 Å². The van der Waals surface area contributed by atoms with Gasteiger partial charge in [-0.3, -0.25) is 9.59 Å². The first-order valence-corrected chi connectivity index (χ1v) is 8.59. The summed E-state index contributed by atoms with van der Waals surface area (Å²) in [5.74, 6) is 0.0361. The maximum Gasteiger partial charge on any atom is 0.306 e. The molecule has 1 N–H and O–H groups in total. The van der Waals surface area contributed by atoms with Crippen molar-refractivity contribution < 1.29 is 19.1 Å². The van der Waals surface area contributed by atoms with Crippen LogP contribution in [-0.2, 0) is 20.7 Å². The van der Waals surface area contributed by atoms with E-state index in [4.69, 9.17) is 9.47 Å². The van der Waals surface area contributed by atoms with Gasteiger partial charge in [0, 0.05) is 12.1 Å². The van der Waals surface area contributed by atoms with Crippen LogP contribution >= 0.6 is 0 Å². The normalized spacial score (nSPS) is 11.5. The number of carbonyl (C=O) groups excluding carboxylic acids is 2. The zero-order chi connectivity index (χ0) is 19.1. The third-order valence-corrected chi connectivity index (χ3v) is 4.11. The molecule has 2 aromatic carbocycles. The minimum atomic E-state index is -0.849. The van der Waals surface area contributed by atoms with E-state index in [1.807, 2.05) is 56.3 Å². The summed E-state index contributed by atoms with van der Waals surface area (Å²) in [6.07, 6.45) is -0.0834. The average molecular weight is 355 g/mol. The Hall–Kier alpha value is -2.82. The zero-order valence-corrected chi connectivity index (χ0v) is 15.7. The Bertz CT molecular complexity index is 768. The second-order valence-corrected chi connectivity index (χ2v) is 6.29. The van der Waals surface area contributed by atoms with Crippen molar-refractivity contribution in [2.24, 2.45) is 0 Å². The smallest absolute Gasteiger partial charge is 0.306 e. The number of methoxy groups -OCH3 is 1. The summed E-state index contributed by atoms with van der Waals surface area (Å²) in [5.41, 5.74) is 3.75. The second kappa shape index (κ2) is 9.04. The van der Waals surface area contributed by atoms with Crippen molar-refractivity contribution in [2.45, 2.75) is 39.7 Å². The van der Waals surface area contributed by atoms with E-state index in [2.05, 4.69) is 5.32 Å². The van der Waals surface area contributed by atoms with Crippen molar-refractivity contribution >= 4 is 17.6 Å². The Morgan fingerprint density at radius 3 is 2.42 bits per heavy atom. The predicted octanol–water partition coefficient (Wildman–Crippen LogP) is 3.82. The van der Waals surface area contributed by atoms with Crippen molar-refractivity contribution in [3.8, 4) is 5.75 Å². The fraction of sp³-hybridized carbons (Fsp3) is 0.333. The topological polar surface area (TPSA) is 64.6 Å². The van der Waals surface area contributed by atoms with Crippen molar-refractivity contribution in [1.82, 2.24) is 0 Å². The van der Waals surface area contributed by atoms with Gasteiger partial charge in [-0.2, -0.15) is 0 Å². The summed E-state index contributed by atoms with van der Waals surface area (Å²) in [7, 11) is 1.61. The second-order valence-electron chi connectivity index (χ2n) is 6.29. The van der Waals surface area contributed by atoms with Gasteiger partial charge in [0.15, 0.2) is 6.10 Å². The molecule has 2 aromatic rings. The largest absolute Gasteiger partial charge is 0.497 e. The number of hydrogen-bond donors (Lipinski definition) is 1. The number of anilines is 1. The summed E-state index contributed by atoms with van der Waals surface area (Å²) in [6.45, 7) is 5.45. The van der Waals surface area contributed by atoms with Crippen LogP contribution in [0.3, 0.4) is 0 Å². The van der Waals surface area contributed by atoms with Gasteiger partial charge < -0.3 is 14.8 Å².